The number of nitrogens with one attached hydrogen (secondary N) is 2. The molecule has 4 N–H and O–H groups in total. The van der Waals surface area contributed by atoms with Gasteiger partial charge in [0.2, 0.25) is 0 Å². The summed E-state index contributed by atoms with van der Waals surface area (Å²) in [6, 6.07) is 7.82. The summed E-state index contributed by atoms with van der Waals surface area (Å²) in [5.41, 5.74) is 7.63. The molecular formula is C13H19N3OS. The first-order valence-electron chi connectivity index (χ1n) is 6.16. The van der Waals surface area contributed by atoms with Crippen molar-refractivity contribution in [3.05, 3.63) is 29.8 Å². The molecule has 1 aliphatic rings. The van der Waals surface area contributed by atoms with Crippen LogP contribution in [0.3, 0.4) is 0 Å². The van der Waals surface area contributed by atoms with Gasteiger partial charge >= 0.3 is 6.03 Å². The van der Waals surface area contributed by atoms with Crippen LogP contribution >= 0.6 is 11.8 Å². The zero-order chi connectivity index (χ0) is 13.0. The number of hydrogen-bond donors (Lipinski definition) is 3. The molecule has 0 aliphatic carbocycles. The van der Waals surface area contributed by atoms with E-state index in [1.807, 2.05) is 43.0 Å². The SMILES string of the molecule is CC(N)c1ccc(NC(=O)NC2CCSC2)cc1. The number of rotatable bonds is 3. The first-order valence-corrected chi connectivity index (χ1v) is 7.31. The van der Waals surface area contributed by atoms with Gasteiger partial charge in [-0.05, 0) is 36.8 Å². The molecular weight excluding hydrogens is 246 g/mol. The Labute approximate surface area is 112 Å². The standard InChI is InChI=1S/C13H19N3OS/c1-9(14)10-2-4-11(5-3-10)15-13(17)16-12-6-7-18-8-12/h2-5,9,12H,6-8,14H2,1H3,(H2,15,16,17). The van der Waals surface area contributed by atoms with Crippen LogP contribution < -0.4 is 16.4 Å². The number of benzene rings is 1. The van der Waals surface area contributed by atoms with Gasteiger partial charge in [-0.3, -0.25) is 0 Å². The van der Waals surface area contributed by atoms with Crippen LogP contribution in [0, 0.1) is 0 Å². The van der Waals surface area contributed by atoms with Gasteiger partial charge in [0, 0.05) is 23.5 Å². The number of nitrogens with two attached hydrogens (primary N) is 1. The van der Waals surface area contributed by atoms with E-state index in [4.69, 9.17) is 5.73 Å². The Morgan fingerprint density at radius 3 is 2.72 bits per heavy atom. The largest absolute Gasteiger partial charge is 0.334 e. The number of hydrogen-bond acceptors (Lipinski definition) is 3. The van der Waals surface area contributed by atoms with E-state index in [0.717, 1.165) is 29.2 Å². The molecule has 0 bridgehead atoms. The van der Waals surface area contributed by atoms with Gasteiger partial charge in [-0.25, -0.2) is 4.79 Å². The lowest BCUT2D eigenvalue weighted by Gasteiger charge is -2.13. The summed E-state index contributed by atoms with van der Waals surface area (Å²) >= 11 is 1.88. The molecule has 0 aromatic heterocycles. The molecule has 0 spiro atoms. The summed E-state index contributed by atoms with van der Waals surface area (Å²) in [4.78, 5) is 11.7. The Morgan fingerprint density at radius 1 is 1.44 bits per heavy atom. The van der Waals surface area contributed by atoms with Crippen molar-refractivity contribution in [2.24, 2.45) is 5.73 Å². The third kappa shape index (κ3) is 3.65. The highest BCUT2D eigenvalue weighted by atomic mass is 32.2. The molecule has 0 radical (unpaired) electrons. The third-order valence-corrected chi connectivity index (χ3v) is 4.12. The molecule has 5 heteroatoms. The maximum absolute atomic E-state index is 11.7. The van der Waals surface area contributed by atoms with Crippen LogP contribution in [0.15, 0.2) is 24.3 Å². The first kappa shape index (κ1) is 13.2. The lowest BCUT2D eigenvalue weighted by Crippen LogP contribution is -2.37. The van der Waals surface area contributed by atoms with Crippen LogP contribution in [0.1, 0.15) is 24.9 Å². The van der Waals surface area contributed by atoms with Gasteiger partial charge in [-0.15, -0.1) is 0 Å². The minimum Gasteiger partial charge on any atom is -0.334 e. The van der Waals surface area contributed by atoms with Crippen LogP contribution in [0.25, 0.3) is 0 Å². The summed E-state index contributed by atoms with van der Waals surface area (Å²) in [7, 11) is 0. The molecule has 0 saturated carbocycles. The highest BCUT2D eigenvalue weighted by Gasteiger charge is 2.17. The normalized spacial score (nSPS) is 20.4. The molecule has 2 unspecified atom stereocenters. The van der Waals surface area contributed by atoms with E-state index in [9.17, 15) is 4.79 Å². The quantitative estimate of drug-likeness (QED) is 0.786. The van der Waals surface area contributed by atoms with Crippen molar-refractivity contribution in [2.75, 3.05) is 16.8 Å². The molecule has 98 valence electrons. The van der Waals surface area contributed by atoms with E-state index in [-0.39, 0.29) is 12.1 Å². The number of urea groups is 1. The first-order chi connectivity index (χ1) is 8.65. The van der Waals surface area contributed by atoms with Crippen LogP contribution in [0.4, 0.5) is 10.5 Å². The van der Waals surface area contributed by atoms with Gasteiger partial charge in [-0.1, -0.05) is 12.1 Å². The highest BCUT2D eigenvalue weighted by Crippen LogP contribution is 2.17. The molecule has 2 amide bonds. The zero-order valence-electron chi connectivity index (χ0n) is 10.5. The van der Waals surface area contributed by atoms with E-state index in [2.05, 4.69) is 10.6 Å². The number of carbonyl (C=O) groups is 1. The van der Waals surface area contributed by atoms with Crippen LogP contribution in [0.2, 0.25) is 0 Å². The van der Waals surface area contributed by atoms with Crippen LogP contribution in [0.5, 0.6) is 0 Å². The molecule has 2 rings (SSSR count). The van der Waals surface area contributed by atoms with Gasteiger partial charge in [0.25, 0.3) is 0 Å². The molecule has 1 aromatic rings. The Balaban J connectivity index is 1.86. The Kier molecular flexibility index (Phi) is 4.49. The molecule has 1 aromatic carbocycles. The fourth-order valence-electron chi connectivity index (χ4n) is 1.87. The second kappa shape index (κ2) is 6.11. The maximum Gasteiger partial charge on any atom is 0.319 e. The second-order valence-corrected chi connectivity index (χ2v) is 5.72. The van der Waals surface area contributed by atoms with Gasteiger partial charge in [0.15, 0.2) is 0 Å². The molecule has 1 fully saturated rings. The van der Waals surface area contributed by atoms with Crippen molar-refractivity contribution in [3.63, 3.8) is 0 Å². The smallest absolute Gasteiger partial charge is 0.319 e. The van der Waals surface area contributed by atoms with Gasteiger partial charge < -0.3 is 16.4 Å². The van der Waals surface area contributed by atoms with Crippen LogP contribution in [-0.4, -0.2) is 23.6 Å². The summed E-state index contributed by atoms with van der Waals surface area (Å²) in [6.45, 7) is 1.94. The molecule has 1 aliphatic heterocycles. The van der Waals surface area contributed by atoms with E-state index in [1.165, 1.54) is 0 Å². The lowest BCUT2D eigenvalue weighted by molar-refractivity contribution is 0.249. The molecule has 4 nitrogen and oxygen atoms in total. The number of amides is 2. The number of thioether (sulfide) groups is 1. The fourth-order valence-corrected chi connectivity index (χ4v) is 3.02. The predicted octanol–water partition coefficient (Wildman–Crippen LogP) is 2.33. The average Bonchev–Trinajstić information content (AvgIpc) is 2.82. The zero-order valence-corrected chi connectivity index (χ0v) is 11.3. The minimum atomic E-state index is -0.129. The lowest BCUT2D eigenvalue weighted by atomic mass is 10.1. The van der Waals surface area contributed by atoms with Crippen molar-refractivity contribution >= 4 is 23.5 Å². The van der Waals surface area contributed by atoms with E-state index in [0.29, 0.717) is 6.04 Å². The van der Waals surface area contributed by atoms with Gasteiger partial charge in [-0.2, -0.15) is 11.8 Å². The molecule has 1 saturated heterocycles. The van der Waals surface area contributed by atoms with Crippen molar-refractivity contribution in [3.8, 4) is 0 Å². The van der Waals surface area contributed by atoms with Gasteiger partial charge in [0.1, 0.15) is 0 Å². The highest BCUT2D eigenvalue weighted by molar-refractivity contribution is 7.99. The van der Waals surface area contributed by atoms with E-state index >= 15 is 0 Å². The Bertz CT molecular complexity index is 399. The van der Waals surface area contributed by atoms with E-state index < -0.39 is 0 Å². The average molecular weight is 265 g/mol. The van der Waals surface area contributed by atoms with E-state index in [1.54, 1.807) is 0 Å². The molecule has 18 heavy (non-hydrogen) atoms. The second-order valence-electron chi connectivity index (χ2n) is 4.57. The molecule has 2 atom stereocenters. The monoisotopic (exact) mass is 265 g/mol. The summed E-state index contributed by atoms with van der Waals surface area (Å²) in [5, 5.41) is 5.80. The Hall–Kier alpha value is -1.20. The summed E-state index contributed by atoms with van der Waals surface area (Å²) in [5.74, 6) is 2.14. The predicted molar refractivity (Wildman–Crippen MR) is 76.9 cm³/mol. The third-order valence-electron chi connectivity index (χ3n) is 2.96. The summed E-state index contributed by atoms with van der Waals surface area (Å²) < 4.78 is 0. The van der Waals surface area contributed by atoms with Crippen molar-refractivity contribution in [1.82, 2.24) is 5.32 Å². The minimum absolute atomic E-state index is 0.0170. The number of anilines is 1. The number of carbonyl (C=O) groups excluding carboxylic acids is 1. The maximum atomic E-state index is 11.7. The molecule has 1 heterocycles. The van der Waals surface area contributed by atoms with Gasteiger partial charge in [0.05, 0.1) is 0 Å². The van der Waals surface area contributed by atoms with Crippen LogP contribution in [-0.2, 0) is 0 Å². The fraction of sp³-hybridized carbons (Fsp3) is 0.462. The topological polar surface area (TPSA) is 67.1 Å². The van der Waals surface area contributed by atoms with Crippen molar-refractivity contribution in [1.29, 1.82) is 0 Å². The van der Waals surface area contributed by atoms with Crippen molar-refractivity contribution < 1.29 is 4.79 Å². The summed E-state index contributed by atoms with van der Waals surface area (Å²) in [6.07, 6.45) is 1.06. The Morgan fingerprint density at radius 2 is 2.17 bits per heavy atom. The van der Waals surface area contributed by atoms with Crippen molar-refractivity contribution in [2.45, 2.75) is 25.4 Å².